The minimum absolute atomic E-state index is 0.103. The van der Waals surface area contributed by atoms with Gasteiger partial charge in [0.25, 0.3) is 5.56 Å². The van der Waals surface area contributed by atoms with Crippen molar-refractivity contribution < 1.29 is 9.53 Å². The molecule has 2 aromatic rings. The van der Waals surface area contributed by atoms with Gasteiger partial charge in [0.05, 0.1) is 6.54 Å². The first-order valence-corrected chi connectivity index (χ1v) is 7.75. The monoisotopic (exact) mass is 364 g/mol. The zero-order valence-corrected chi connectivity index (χ0v) is 13.6. The van der Waals surface area contributed by atoms with E-state index in [1.54, 1.807) is 18.3 Å². The molecule has 0 unspecified atom stereocenters. The molecule has 0 saturated carbocycles. The maximum absolute atomic E-state index is 11.7. The SMILES string of the molecule is O=C(CCn1ccccc1=O)NCCOc1cccc(Br)c1. The summed E-state index contributed by atoms with van der Waals surface area (Å²) in [7, 11) is 0. The van der Waals surface area contributed by atoms with Crippen molar-refractivity contribution in [2.75, 3.05) is 13.2 Å². The molecule has 0 radical (unpaired) electrons. The van der Waals surface area contributed by atoms with Crippen LogP contribution in [0.4, 0.5) is 0 Å². The number of carbonyl (C=O) groups excluding carboxylic acids is 1. The fraction of sp³-hybridized carbons (Fsp3) is 0.250. The first-order chi connectivity index (χ1) is 10.6. The Morgan fingerprint density at radius 2 is 2.09 bits per heavy atom. The molecule has 0 atom stereocenters. The molecule has 1 aromatic heterocycles. The van der Waals surface area contributed by atoms with Crippen LogP contribution in [-0.2, 0) is 11.3 Å². The van der Waals surface area contributed by atoms with Gasteiger partial charge in [0.1, 0.15) is 12.4 Å². The first kappa shape index (κ1) is 16.3. The van der Waals surface area contributed by atoms with Gasteiger partial charge in [-0.25, -0.2) is 0 Å². The number of nitrogens with zero attached hydrogens (tertiary/aromatic N) is 1. The predicted octanol–water partition coefficient (Wildman–Crippen LogP) is 2.20. The number of amides is 1. The third kappa shape index (κ3) is 5.37. The highest BCUT2D eigenvalue weighted by Gasteiger charge is 2.02. The summed E-state index contributed by atoms with van der Waals surface area (Å²) < 4.78 is 7.98. The number of halogens is 1. The number of pyridine rings is 1. The predicted molar refractivity (Wildman–Crippen MR) is 88.0 cm³/mol. The topological polar surface area (TPSA) is 60.3 Å². The Morgan fingerprint density at radius 1 is 1.23 bits per heavy atom. The molecule has 0 spiro atoms. The fourth-order valence-electron chi connectivity index (χ4n) is 1.87. The minimum Gasteiger partial charge on any atom is -0.492 e. The number of rotatable bonds is 7. The second-order valence-corrected chi connectivity index (χ2v) is 5.55. The summed E-state index contributed by atoms with van der Waals surface area (Å²) in [5, 5.41) is 2.77. The van der Waals surface area contributed by atoms with Gasteiger partial charge >= 0.3 is 0 Å². The molecule has 22 heavy (non-hydrogen) atoms. The summed E-state index contributed by atoms with van der Waals surface area (Å²) in [4.78, 5) is 23.2. The zero-order chi connectivity index (χ0) is 15.8. The molecule has 0 aliphatic rings. The smallest absolute Gasteiger partial charge is 0.250 e. The summed E-state index contributed by atoms with van der Waals surface area (Å²) in [6.07, 6.45) is 1.94. The number of hydrogen-bond acceptors (Lipinski definition) is 3. The van der Waals surface area contributed by atoms with E-state index in [1.165, 1.54) is 10.6 Å². The molecule has 1 N–H and O–H groups in total. The molecule has 116 valence electrons. The lowest BCUT2D eigenvalue weighted by atomic mass is 10.3. The van der Waals surface area contributed by atoms with E-state index in [2.05, 4.69) is 21.2 Å². The number of aromatic nitrogens is 1. The van der Waals surface area contributed by atoms with Gasteiger partial charge in [-0.05, 0) is 24.3 Å². The Bertz CT molecular complexity index is 685. The van der Waals surface area contributed by atoms with E-state index in [1.807, 2.05) is 24.3 Å². The summed E-state index contributed by atoms with van der Waals surface area (Å²) in [5.74, 6) is 0.646. The van der Waals surface area contributed by atoms with Gasteiger partial charge in [-0.2, -0.15) is 0 Å². The van der Waals surface area contributed by atoms with E-state index in [0.717, 1.165) is 10.2 Å². The number of hydrogen-bond donors (Lipinski definition) is 1. The van der Waals surface area contributed by atoms with Crippen LogP contribution >= 0.6 is 15.9 Å². The van der Waals surface area contributed by atoms with Gasteiger partial charge in [-0.3, -0.25) is 9.59 Å². The van der Waals surface area contributed by atoms with Gasteiger partial charge in [-0.1, -0.05) is 28.1 Å². The Balaban J connectivity index is 1.66. The van der Waals surface area contributed by atoms with Gasteiger partial charge < -0.3 is 14.6 Å². The summed E-state index contributed by atoms with van der Waals surface area (Å²) in [6, 6.07) is 12.4. The number of carbonyl (C=O) groups is 1. The Morgan fingerprint density at radius 3 is 2.86 bits per heavy atom. The lowest BCUT2D eigenvalue weighted by Gasteiger charge is -2.08. The summed E-state index contributed by atoms with van der Waals surface area (Å²) in [6.45, 7) is 1.19. The van der Waals surface area contributed by atoms with E-state index >= 15 is 0 Å². The fourth-order valence-corrected chi connectivity index (χ4v) is 2.25. The molecule has 1 aromatic carbocycles. The maximum atomic E-state index is 11.7. The molecule has 6 heteroatoms. The van der Waals surface area contributed by atoms with Crippen LogP contribution < -0.4 is 15.6 Å². The summed E-state index contributed by atoms with van der Waals surface area (Å²) >= 11 is 3.37. The maximum Gasteiger partial charge on any atom is 0.250 e. The lowest BCUT2D eigenvalue weighted by Crippen LogP contribution is -2.30. The summed E-state index contributed by atoms with van der Waals surface area (Å²) in [5.41, 5.74) is -0.103. The van der Waals surface area contributed by atoms with Gasteiger partial charge in [0.15, 0.2) is 0 Å². The Hall–Kier alpha value is -2.08. The average Bonchev–Trinajstić information content (AvgIpc) is 2.51. The molecular weight excluding hydrogens is 348 g/mol. The number of nitrogens with one attached hydrogen (secondary N) is 1. The van der Waals surface area contributed by atoms with E-state index in [4.69, 9.17) is 4.74 Å². The average molecular weight is 365 g/mol. The second-order valence-electron chi connectivity index (χ2n) is 4.64. The lowest BCUT2D eigenvalue weighted by molar-refractivity contribution is -0.121. The van der Waals surface area contributed by atoms with Gasteiger partial charge in [0, 0.05) is 29.7 Å². The van der Waals surface area contributed by atoms with Crippen LogP contribution in [-0.4, -0.2) is 23.6 Å². The van der Waals surface area contributed by atoms with Crippen molar-refractivity contribution in [2.45, 2.75) is 13.0 Å². The second kappa shape index (κ2) is 8.38. The largest absolute Gasteiger partial charge is 0.492 e. The minimum atomic E-state index is -0.103. The van der Waals surface area contributed by atoms with Crippen LogP contribution in [0.3, 0.4) is 0 Å². The van der Waals surface area contributed by atoms with Gasteiger partial charge in [0.2, 0.25) is 5.91 Å². The molecule has 2 rings (SSSR count). The zero-order valence-electron chi connectivity index (χ0n) is 12.0. The number of aryl methyl sites for hydroxylation is 1. The van der Waals surface area contributed by atoms with Crippen molar-refractivity contribution in [1.82, 2.24) is 9.88 Å². The Kier molecular flexibility index (Phi) is 6.21. The first-order valence-electron chi connectivity index (χ1n) is 6.96. The van der Waals surface area contributed by atoms with Crippen LogP contribution in [0.15, 0.2) is 57.9 Å². The molecule has 0 aliphatic heterocycles. The van der Waals surface area contributed by atoms with Crippen LogP contribution in [0, 0.1) is 0 Å². The van der Waals surface area contributed by atoms with Crippen LogP contribution in [0.2, 0.25) is 0 Å². The van der Waals surface area contributed by atoms with Crippen molar-refractivity contribution in [2.24, 2.45) is 0 Å². The molecule has 0 fully saturated rings. The molecular formula is C16H17BrN2O3. The van der Waals surface area contributed by atoms with Crippen molar-refractivity contribution in [3.63, 3.8) is 0 Å². The number of ether oxygens (including phenoxy) is 1. The van der Waals surface area contributed by atoms with E-state index in [9.17, 15) is 9.59 Å². The van der Waals surface area contributed by atoms with Gasteiger partial charge in [-0.15, -0.1) is 0 Å². The third-order valence-corrected chi connectivity index (χ3v) is 3.46. The quantitative estimate of drug-likeness (QED) is 0.766. The van der Waals surface area contributed by atoms with Crippen molar-refractivity contribution >= 4 is 21.8 Å². The van der Waals surface area contributed by atoms with Crippen molar-refractivity contribution in [3.8, 4) is 5.75 Å². The third-order valence-electron chi connectivity index (χ3n) is 2.97. The van der Waals surface area contributed by atoms with Crippen LogP contribution in [0.25, 0.3) is 0 Å². The molecule has 0 saturated heterocycles. The highest BCUT2D eigenvalue weighted by atomic mass is 79.9. The van der Waals surface area contributed by atoms with Crippen LogP contribution in [0.5, 0.6) is 5.75 Å². The van der Waals surface area contributed by atoms with E-state index in [-0.39, 0.29) is 17.9 Å². The van der Waals surface area contributed by atoms with E-state index in [0.29, 0.717) is 19.7 Å². The standard InChI is InChI=1S/C16H17BrN2O3/c17-13-4-3-5-14(12-13)22-11-8-18-15(20)7-10-19-9-2-1-6-16(19)21/h1-6,9,12H,7-8,10-11H2,(H,18,20). The van der Waals surface area contributed by atoms with Crippen molar-refractivity contribution in [3.05, 3.63) is 63.5 Å². The molecule has 0 bridgehead atoms. The van der Waals surface area contributed by atoms with E-state index < -0.39 is 0 Å². The molecule has 1 heterocycles. The molecule has 5 nitrogen and oxygen atoms in total. The normalized spacial score (nSPS) is 10.2. The van der Waals surface area contributed by atoms with Crippen LogP contribution in [0.1, 0.15) is 6.42 Å². The number of benzene rings is 1. The molecule has 1 amide bonds. The highest BCUT2D eigenvalue weighted by Crippen LogP contribution is 2.17. The Labute approximate surface area is 137 Å². The van der Waals surface area contributed by atoms with Crippen molar-refractivity contribution in [1.29, 1.82) is 0 Å². The highest BCUT2D eigenvalue weighted by molar-refractivity contribution is 9.10. The molecule has 0 aliphatic carbocycles.